The van der Waals surface area contributed by atoms with Gasteiger partial charge in [-0.2, -0.15) is 0 Å². The third kappa shape index (κ3) is 7.55. The molecule has 0 saturated carbocycles. The summed E-state index contributed by atoms with van der Waals surface area (Å²) in [6.07, 6.45) is 0.446. The van der Waals surface area contributed by atoms with Crippen molar-refractivity contribution < 1.29 is 4.43 Å². The van der Waals surface area contributed by atoms with Crippen LogP contribution in [0.15, 0.2) is 30.3 Å². The number of hydrogen-bond donors (Lipinski definition) is 1. The fraction of sp³-hybridized carbons (Fsp3) is 0.400. The fourth-order valence-corrected chi connectivity index (χ4v) is 0.605. The molecule has 0 heterocycles. The zero-order chi connectivity index (χ0) is 10.1. The Kier molecular flexibility index (Phi) is 7.34. The van der Waals surface area contributed by atoms with Gasteiger partial charge in [0.15, 0.2) is 0 Å². The van der Waals surface area contributed by atoms with Crippen molar-refractivity contribution in [1.29, 1.82) is 0 Å². The molecule has 74 valence electrons. The largest absolute Gasteiger partial charge is 0.426 e. The van der Waals surface area contributed by atoms with Gasteiger partial charge in [-0.25, -0.2) is 0 Å². The lowest BCUT2D eigenvalue weighted by atomic mass is 10.3. The molecule has 0 aliphatic rings. The lowest BCUT2D eigenvalue weighted by molar-refractivity contribution is 0.267. The number of hydrogen-bond acceptors (Lipinski definition) is 2. The second kappa shape index (κ2) is 7.83. The first-order valence-electron chi connectivity index (χ1n) is 4.46. The molecule has 0 aromatic heterocycles. The van der Waals surface area contributed by atoms with Gasteiger partial charge in [-0.1, -0.05) is 18.2 Å². The van der Waals surface area contributed by atoms with Crippen molar-refractivity contribution in [3.63, 3.8) is 0 Å². The Balaban J connectivity index is 0.000000252. The Morgan fingerprint density at radius 1 is 1.23 bits per heavy atom. The first-order chi connectivity index (χ1) is 6.20. The van der Waals surface area contributed by atoms with E-state index in [9.17, 15) is 0 Å². The first kappa shape index (κ1) is 12.2. The minimum absolute atomic E-state index is 0.446. The molecule has 3 heteroatoms. The van der Waals surface area contributed by atoms with E-state index in [1.807, 2.05) is 51.2 Å². The molecule has 2 nitrogen and oxygen atoms in total. The van der Waals surface area contributed by atoms with Crippen molar-refractivity contribution in [3.8, 4) is 0 Å². The first-order valence-corrected chi connectivity index (χ1v) is 5.28. The predicted molar refractivity (Wildman–Crippen MR) is 62.1 cm³/mol. The molecule has 0 spiro atoms. The minimum atomic E-state index is 0.446. The number of para-hydroxylation sites is 1. The average Bonchev–Trinajstić information content (AvgIpc) is 2.20. The second-order valence-electron chi connectivity index (χ2n) is 2.90. The van der Waals surface area contributed by atoms with Crippen LogP contribution in [0.2, 0.25) is 0 Å². The van der Waals surface area contributed by atoms with Gasteiger partial charge in [0.1, 0.15) is 10.5 Å². The maximum atomic E-state index is 4.89. The molecule has 1 aromatic carbocycles. The molecule has 0 atom stereocenters. The van der Waals surface area contributed by atoms with Crippen LogP contribution in [0, 0.1) is 0 Å². The molecule has 0 saturated heterocycles. The van der Waals surface area contributed by atoms with E-state index in [0.29, 0.717) is 6.10 Å². The van der Waals surface area contributed by atoms with Crippen LogP contribution in [0.3, 0.4) is 0 Å². The summed E-state index contributed by atoms with van der Waals surface area (Å²) in [5, 5.41) is 3.03. The quantitative estimate of drug-likeness (QED) is 0.724. The summed E-state index contributed by atoms with van der Waals surface area (Å²) in [7, 11) is 2.79. The van der Waals surface area contributed by atoms with Gasteiger partial charge in [-0.05, 0) is 26.0 Å². The predicted octanol–water partition coefficient (Wildman–Crippen LogP) is 1.42. The third-order valence-electron chi connectivity index (χ3n) is 1.53. The summed E-state index contributed by atoms with van der Waals surface area (Å²) < 4.78 is 4.89. The molecule has 0 unspecified atom stereocenters. The summed E-state index contributed by atoms with van der Waals surface area (Å²) in [4.78, 5) is 0. The van der Waals surface area contributed by atoms with E-state index in [1.54, 1.807) is 0 Å². The molecule has 0 amide bonds. The van der Waals surface area contributed by atoms with Gasteiger partial charge in [0, 0.05) is 18.8 Å². The molecule has 13 heavy (non-hydrogen) atoms. The van der Waals surface area contributed by atoms with Gasteiger partial charge in [0.25, 0.3) is 0 Å². The number of nitrogens with one attached hydrogen (secondary N) is 1. The lowest BCUT2D eigenvalue weighted by Gasteiger charge is -1.95. The molecule has 1 rings (SSSR count). The third-order valence-corrected chi connectivity index (χ3v) is 2.48. The zero-order valence-electron chi connectivity index (χ0n) is 8.87. The van der Waals surface area contributed by atoms with E-state index in [4.69, 9.17) is 4.43 Å². The Bertz CT molecular complexity index is 201. The van der Waals surface area contributed by atoms with Gasteiger partial charge in [0.05, 0.1) is 0 Å². The van der Waals surface area contributed by atoms with E-state index >= 15 is 0 Å². The van der Waals surface area contributed by atoms with E-state index in [1.165, 1.54) is 0 Å². The Labute approximate surface area is 83.9 Å². The van der Waals surface area contributed by atoms with Crippen LogP contribution in [0.4, 0.5) is 5.69 Å². The van der Waals surface area contributed by atoms with Crippen molar-refractivity contribution in [2.45, 2.75) is 20.0 Å². The van der Waals surface area contributed by atoms with Gasteiger partial charge >= 0.3 is 0 Å². The van der Waals surface area contributed by atoms with Gasteiger partial charge in [-0.3, -0.25) is 0 Å². The number of benzene rings is 1. The number of rotatable bonds is 2. The van der Waals surface area contributed by atoms with Crippen LogP contribution in [0.1, 0.15) is 13.8 Å². The summed E-state index contributed by atoms with van der Waals surface area (Å²) in [6, 6.07) is 10.1. The van der Waals surface area contributed by atoms with Crippen LogP contribution in [-0.2, 0) is 4.43 Å². The highest BCUT2D eigenvalue weighted by molar-refractivity contribution is 5.98. The molecule has 0 aliphatic heterocycles. The summed E-state index contributed by atoms with van der Waals surface area (Å²) in [5.41, 5.74) is 1.16. The SMILES string of the molecule is CC(C)O[SiH3].CNc1ccccc1. The molecule has 0 fully saturated rings. The topological polar surface area (TPSA) is 21.3 Å². The maximum Gasteiger partial charge on any atom is 0.146 e. The zero-order valence-corrected chi connectivity index (χ0v) is 10.9. The molecule has 0 aliphatic carbocycles. The summed E-state index contributed by atoms with van der Waals surface area (Å²) >= 11 is 0. The van der Waals surface area contributed by atoms with E-state index in [-0.39, 0.29) is 0 Å². The van der Waals surface area contributed by atoms with Crippen molar-refractivity contribution in [2.24, 2.45) is 0 Å². The van der Waals surface area contributed by atoms with Gasteiger partial charge in [0.2, 0.25) is 0 Å². The van der Waals surface area contributed by atoms with Crippen LogP contribution in [-0.4, -0.2) is 23.6 Å². The smallest absolute Gasteiger partial charge is 0.146 e. The Morgan fingerprint density at radius 2 is 1.69 bits per heavy atom. The van der Waals surface area contributed by atoms with Crippen molar-refractivity contribution in [2.75, 3.05) is 12.4 Å². The second-order valence-corrected chi connectivity index (χ2v) is 3.37. The molecular weight excluding hydrogens is 178 g/mol. The summed E-state index contributed by atoms with van der Waals surface area (Å²) in [6.45, 7) is 4.07. The van der Waals surface area contributed by atoms with E-state index < -0.39 is 0 Å². The highest BCUT2D eigenvalue weighted by Crippen LogP contribution is 2.01. The molecule has 0 bridgehead atoms. The number of anilines is 1. The monoisotopic (exact) mass is 197 g/mol. The summed E-state index contributed by atoms with van der Waals surface area (Å²) in [5.74, 6) is 0. The molecule has 0 radical (unpaired) electrons. The van der Waals surface area contributed by atoms with Crippen LogP contribution in [0.25, 0.3) is 0 Å². The highest BCUT2D eigenvalue weighted by Gasteiger charge is 1.78. The fourth-order valence-electron chi connectivity index (χ4n) is 0.605. The molecule has 1 aromatic rings. The van der Waals surface area contributed by atoms with E-state index in [0.717, 1.165) is 16.2 Å². The Morgan fingerprint density at radius 3 is 1.92 bits per heavy atom. The van der Waals surface area contributed by atoms with Crippen LogP contribution in [0.5, 0.6) is 0 Å². The Hall–Kier alpha value is -0.803. The van der Waals surface area contributed by atoms with Crippen molar-refractivity contribution in [1.82, 2.24) is 0 Å². The average molecular weight is 197 g/mol. The lowest BCUT2D eigenvalue weighted by Crippen LogP contribution is -1.95. The van der Waals surface area contributed by atoms with Crippen LogP contribution >= 0.6 is 0 Å². The van der Waals surface area contributed by atoms with Gasteiger partial charge in [-0.15, -0.1) is 0 Å². The molecule has 1 N–H and O–H groups in total. The van der Waals surface area contributed by atoms with Crippen molar-refractivity contribution in [3.05, 3.63) is 30.3 Å². The van der Waals surface area contributed by atoms with E-state index in [2.05, 4.69) is 5.32 Å². The standard InChI is InChI=1S/C7H9N.C3H10OSi/c1-8-7-5-3-2-4-6-7;1-3(2)4-5/h2-6,8H,1H3;3H,1-2,5H3. The minimum Gasteiger partial charge on any atom is -0.426 e. The highest BCUT2D eigenvalue weighted by atomic mass is 28.2. The van der Waals surface area contributed by atoms with Crippen LogP contribution < -0.4 is 5.32 Å². The normalized spacial score (nSPS) is 9.23. The van der Waals surface area contributed by atoms with Gasteiger partial charge < -0.3 is 9.74 Å². The molecular formula is C10H19NOSi. The maximum absolute atomic E-state index is 4.89. The van der Waals surface area contributed by atoms with Crippen molar-refractivity contribution >= 4 is 16.2 Å².